The fourth-order valence-electron chi connectivity index (χ4n) is 1.79. The first-order chi connectivity index (χ1) is 8.95. The predicted octanol–water partition coefficient (Wildman–Crippen LogP) is 3.48. The van der Waals surface area contributed by atoms with E-state index >= 15 is 0 Å². The molecule has 19 heavy (non-hydrogen) atoms. The molecule has 0 unspecified atom stereocenters. The van der Waals surface area contributed by atoms with Crippen molar-refractivity contribution >= 4 is 17.6 Å². The van der Waals surface area contributed by atoms with Crippen LogP contribution in [0.2, 0.25) is 5.02 Å². The van der Waals surface area contributed by atoms with Gasteiger partial charge in [-0.05, 0) is 36.8 Å². The fraction of sp³-hybridized carbons (Fsp3) is 0.143. The zero-order valence-corrected chi connectivity index (χ0v) is 10.9. The highest BCUT2D eigenvalue weighted by atomic mass is 35.5. The van der Waals surface area contributed by atoms with Crippen LogP contribution in [0, 0.1) is 12.7 Å². The zero-order valence-electron chi connectivity index (χ0n) is 10.2. The Balaban J connectivity index is 2.41. The molecular formula is C14H11ClFNO2. The molecule has 0 radical (unpaired) electrons. The summed E-state index contributed by atoms with van der Waals surface area (Å²) < 4.78 is 13.3. The number of aromatic nitrogens is 1. The topological polar surface area (TPSA) is 50.2 Å². The van der Waals surface area contributed by atoms with Crippen molar-refractivity contribution < 1.29 is 14.3 Å². The standard InChI is InChI=1S/C14H11ClFNO2/c1-8-2-9(4-11(16)3-8)13-6-12(15)10(7-17-13)5-14(18)19/h2-4,6-7H,5H2,1H3,(H,18,19). The minimum absolute atomic E-state index is 0.186. The number of benzene rings is 1. The average Bonchev–Trinajstić information content (AvgIpc) is 2.30. The summed E-state index contributed by atoms with van der Waals surface area (Å²) in [5.41, 5.74) is 2.34. The first-order valence-electron chi connectivity index (χ1n) is 5.59. The van der Waals surface area contributed by atoms with Gasteiger partial charge >= 0.3 is 5.97 Å². The summed E-state index contributed by atoms with van der Waals surface area (Å²) in [5, 5.41) is 9.03. The Labute approximate surface area is 114 Å². The van der Waals surface area contributed by atoms with Crippen molar-refractivity contribution in [2.45, 2.75) is 13.3 Å². The van der Waals surface area contributed by atoms with Crippen LogP contribution in [0.3, 0.4) is 0 Å². The Morgan fingerprint density at radius 2 is 2.11 bits per heavy atom. The molecule has 0 saturated carbocycles. The summed E-state index contributed by atoms with van der Waals surface area (Å²) >= 11 is 6.01. The van der Waals surface area contributed by atoms with Crippen LogP contribution in [0.15, 0.2) is 30.5 Å². The fourth-order valence-corrected chi connectivity index (χ4v) is 2.01. The number of aliphatic carboxylic acids is 1. The smallest absolute Gasteiger partial charge is 0.307 e. The lowest BCUT2D eigenvalue weighted by Gasteiger charge is -2.06. The van der Waals surface area contributed by atoms with E-state index in [9.17, 15) is 9.18 Å². The Kier molecular flexibility index (Phi) is 3.81. The molecule has 0 atom stereocenters. The lowest BCUT2D eigenvalue weighted by molar-refractivity contribution is -0.136. The first-order valence-corrected chi connectivity index (χ1v) is 5.97. The number of pyridine rings is 1. The van der Waals surface area contributed by atoms with Gasteiger partial charge in [-0.15, -0.1) is 0 Å². The molecule has 0 fully saturated rings. The Hall–Kier alpha value is -1.94. The third kappa shape index (κ3) is 3.29. The molecule has 1 heterocycles. The maximum absolute atomic E-state index is 13.3. The molecular weight excluding hydrogens is 269 g/mol. The Morgan fingerprint density at radius 3 is 2.68 bits per heavy atom. The van der Waals surface area contributed by atoms with Crippen molar-refractivity contribution in [3.8, 4) is 11.3 Å². The molecule has 1 aromatic heterocycles. The van der Waals surface area contributed by atoms with E-state index < -0.39 is 5.97 Å². The van der Waals surface area contributed by atoms with E-state index in [0.29, 0.717) is 21.8 Å². The molecule has 0 bridgehead atoms. The summed E-state index contributed by atoms with van der Waals surface area (Å²) in [6.45, 7) is 1.78. The van der Waals surface area contributed by atoms with Gasteiger partial charge in [0.25, 0.3) is 0 Å². The molecule has 0 saturated heterocycles. The number of hydrogen-bond donors (Lipinski definition) is 1. The molecule has 0 aliphatic carbocycles. The van der Waals surface area contributed by atoms with Crippen LogP contribution in [0.25, 0.3) is 11.3 Å². The molecule has 0 aliphatic rings. The largest absolute Gasteiger partial charge is 0.481 e. The summed E-state index contributed by atoms with van der Waals surface area (Å²) in [6.07, 6.45) is 1.22. The monoisotopic (exact) mass is 279 g/mol. The number of hydrogen-bond acceptors (Lipinski definition) is 2. The van der Waals surface area contributed by atoms with E-state index in [-0.39, 0.29) is 12.2 Å². The van der Waals surface area contributed by atoms with E-state index in [2.05, 4.69) is 4.98 Å². The number of nitrogens with zero attached hydrogens (tertiary/aromatic N) is 1. The van der Waals surface area contributed by atoms with Crippen LogP contribution in [0.4, 0.5) is 4.39 Å². The van der Waals surface area contributed by atoms with Crippen molar-refractivity contribution in [2.75, 3.05) is 0 Å². The summed E-state index contributed by atoms with van der Waals surface area (Å²) in [7, 11) is 0. The molecule has 5 heteroatoms. The minimum Gasteiger partial charge on any atom is -0.481 e. The summed E-state index contributed by atoms with van der Waals surface area (Å²) in [5.74, 6) is -1.32. The van der Waals surface area contributed by atoms with Gasteiger partial charge in [-0.25, -0.2) is 4.39 Å². The van der Waals surface area contributed by atoms with E-state index in [4.69, 9.17) is 16.7 Å². The minimum atomic E-state index is -0.974. The molecule has 1 N–H and O–H groups in total. The predicted molar refractivity (Wildman–Crippen MR) is 70.7 cm³/mol. The third-order valence-electron chi connectivity index (χ3n) is 2.61. The SMILES string of the molecule is Cc1cc(F)cc(-c2cc(Cl)c(CC(=O)O)cn2)c1. The number of carboxylic acids is 1. The third-order valence-corrected chi connectivity index (χ3v) is 2.96. The Bertz CT molecular complexity index is 623. The van der Waals surface area contributed by atoms with E-state index in [1.807, 2.05) is 0 Å². The number of halogens is 2. The molecule has 98 valence electrons. The van der Waals surface area contributed by atoms with Crippen LogP contribution >= 0.6 is 11.6 Å². The number of rotatable bonds is 3. The zero-order chi connectivity index (χ0) is 14.0. The highest BCUT2D eigenvalue weighted by molar-refractivity contribution is 6.31. The molecule has 2 aromatic rings. The second-order valence-electron chi connectivity index (χ2n) is 4.25. The normalized spacial score (nSPS) is 10.5. The van der Waals surface area contributed by atoms with Gasteiger partial charge in [0.1, 0.15) is 5.82 Å². The summed E-state index contributed by atoms with van der Waals surface area (Å²) in [6, 6.07) is 6.12. The van der Waals surface area contributed by atoms with E-state index in [0.717, 1.165) is 5.56 Å². The van der Waals surface area contributed by atoms with Crippen molar-refractivity contribution in [3.05, 3.63) is 52.4 Å². The van der Waals surface area contributed by atoms with Gasteiger partial charge in [-0.1, -0.05) is 11.6 Å². The van der Waals surface area contributed by atoms with E-state index in [1.165, 1.54) is 18.3 Å². The van der Waals surface area contributed by atoms with Crippen LogP contribution in [-0.4, -0.2) is 16.1 Å². The number of aryl methyl sites for hydroxylation is 1. The molecule has 0 aliphatic heterocycles. The van der Waals surface area contributed by atoms with Crippen molar-refractivity contribution in [3.63, 3.8) is 0 Å². The molecule has 3 nitrogen and oxygen atoms in total. The first kappa shape index (κ1) is 13.5. The van der Waals surface area contributed by atoms with Crippen molar-refractivity contribution in [1.82, 2.24) is 4.98 Å². The number of carboxylic acid groups (broad SMARTS) is 1. The van der Waals surface area contributed by atoms with Crippen molar-refractivity contribution in [1.29, 1.82) is 0 Å². The lowest BCUT2D eigenvalue weighted by Crippen LogP contribution is -2.01. The van der Waals surface area contributed by atoms with Gasteiger partial charge in [0, 0.05) is 22.3 Å². The maximum atomic E-state index is 13.3. The van der Waals surface area contributed by atoms with Gasteiger partial charge < -0.3 is 5.11 Å². The van der Waals surface area contributed by atoms with Crippen LogP contribution in [0.5, 0.6) is 0 Å². The van der Waals surface area contributed by atoms with Crippen LogP contribution in [-0.2, 0) is 11.2 Å². The number of carbonyl (C=O) groups is 1. The highest BCUT2D eigenvalue weighted by Crippen LogP contribution is 2.25. The van der Waals surface area contributed by atoms with Crippen LogP contribution < -0.4 is 0 Å². The van der Waals surface area contributed by atoms with Gasteiger partial charge in [-0.3, -0.25) is 9.78 Å². The Morgan fingerprint density at radius 1 is 1.37 bits per heavy atom. The molecule has 2 rings (SSSR count). The van der Waals surface area contributed by atoms with Gasteiger partial charge in [0.2, 0.25) is 0 Å². The maximum Gasteiger partial charge on any atom is 0.307 e. The molecule has 1 aromatic carbocycles. The van der Waals surface area contributed by atoms with Gasteiger partial charge in [-0.2, -0.15) is 0 Å². The second-order valence-corrected chi connectivity index (χ2v) is 4.66. The summed E-state index contributed by atoms with van der Waals surface area (Å²) in [4.78, 5) is 14.8. The lowest BCUT2D eigenvalue weighted by atomic mass is 10.1. The van der Waals surface area contributed by atoms with E-state index in [1.54, 1.807) is 19.1 Å². The molecule has 0 amide bonds. The van der Waals surface area contributed by atoms with Crippen LogP contribution in [0.1, 0.15) is 11.1 Å². The average molecular weight is 280 g/mol. The van der Waals surface area contributed by atoms with Gasteiger partial charge in [0.15, 0.2) is 0 Å². The quantitative estimate of drug-likeness (QED) is 0.936. The van der Waals surface area contributed by atoms with Crippen molar-refractivity contribution in [2.24, 2.45) is 0 Å². The van der Waals surface area contributed by atoms with Gasteiger partial charge in [0.05, 0.1) is 12.1 Å². The highest BCUT2D eigenvalue weighted by Gasteiger charge is 2.09. The molecule has 0 spiro atoms. The second kappa shape index (κ2) is 5.36.